The highest BCUT2D eigenvalue weighted by Gasteiger charge is 2.34. The number of benzene rings is 1. The highest BCUT2D eigenvalue weighted by atomic mass is 19.4. The molecule has 3 nitrogen and oxygen atoms in total. The molecule has 0 bridgehead atoms. The SMILES string of the molecule is COc1ccc(CC(=O)O)cc1C(F)(F)F. The summed E-state index contributed by atoms with van der Waals surface area (Å²) in [6.45, 7) is 0. The second-order valence-corrected chi connectivity index (χ2v) is 3.10. The molecule has 6 heteroatoms. The second kappa shape index (κ2) is 4.42. The van der Waals surface area contributed by atoms with Gasteiger partial charge in [-0.05, 0) is 17.7 Å². The van der Waals surface area contributed by atoms with E-state index in [0.29, 0.717) is 0 Å². The number of halogens is 3. The molecule has 0 aliphatic heterocycles. The van der Waals surface area contributed by atoms with Gasteiger partial charge in [-0.15, -0.1) is 0 Å². The van der Waals surface area contributed by atoms with Gasteiger partial charge in [-0.3, -0.25) is 4.79 Å². The molecule has 0 aliphatic rings. The Morgan fingerprint density at radius 2 is 2.06 bits per heavy atom. The van der Waals surface area contributed by atoms with Crippen LogP contribution in [0.3, 0.4) is 0 Å². The first-order valence-electron chi connectivity index (χ1n) is 4.30. The Kier molecular flexibility index (Phi) is 3.41. The van der Waals surface area contributed by atoms with Gasteiger partial charge >= 0.3 is 12.1 Å². The molecule has 0 saturated heterocycles. The van der Waals surface area contributed by atoms with Crippen molar-refractivity contribution in [2.75, 3.05) is 7.11 Å². The van der Waals surface area contributed by atoms with Crippen molar-refractivity contribution >= 4 is 5.97 Å². The Morgan fingerprint density at radius 3 is 2.50 bits per heavy atom. The maximum Gasteiger partial charge on any atom is 0.419 e. The van der Waals surface area contributed by atoms with E-state index in [0.717, 1.165) is 19.2 Å². The topological polar surface area (TPSA) is 46.5 Å². The van der Waals surface area contributed by atoms with E-state index in [9.17, 15) is 18.0 Å². The van der Waals surface area contributed by atoms with Crippen LogP contribution in [0.5, 0.6) is 5.75 Å². The van der Waals surface area contributed by atoms with E-state index in [1.54, 1.807) is 0 Å². The summed E-state index contributed by atoms with van der Waals surface area (Å²) in [4.78, 5) is 10.4. The monoisotopic (exact) mass is 234 g/mol. The van der Waals surface area contributed by atoms with Crippen molar-refractivity contribution in [2.24, 2.45) is 0 Å². The van der Waals surface area contributed by atoms with E-state index < -0.39 is 24.1 Å². The van der Waals surface area contributed by atoms with Crippen molar-refractivity contribution in [1.29, 1.82) is 0 Å². The smallest absolute Gasteiger partial charge is 0.419 e. The van der Waals surface area contributed by atoms with Crippen LogP contribution in [0.1, 0.15) is 11.1 Å². The van der Waals surface area contributed by atoms with Crippen LogP contribution >= 0.6 is 0 Å². The first kappa shape index (κ1) is 12.4. The average molecular weight is 234 g/mol. The number of carboxylic acids is 1. The first-order valence-corrected chi connectivity index (χ1v) is 4.30. The minimum Gasteiger partial charge on any atom is -0.496 e. The van der Waals surface area contributed by atoms with Crippen molar-refractivity contribution in [2.45, 2.75) is 12.6 Å². The average Bonchev–Trinajstić information content (AvgIpc) is 2.15. The molecule has 1 N–H and O–H groups in total. The summed E-state index contributed by atoms with van der Waals surface area (Å²) in [6.07, 6.45) is -5.01. The molecule has 0 atom stereocenters. The number of hydrogen-bond acceptors (Lipinski definition) is 2. The van der Waals surface area contributed by atoms with Gasteiger partial charge in [0.25, 0.3) is 0 Å². The summed E-state index contributed by atoms with van der Waals surface area (Å²) >= 11 is 0. The van der Waals surface area contributed by atoms with E-state index in [1.165, 1.54) is 6.07 Å². The van der Waals surface area contributed by atoms with Crippen molar-refractivity contribution in [3.8, 4) is 5.75 Å². The van der Waals surface area contributed by atoms with E-state index in [1.807, 2.05) is 0 Å². The predicted molar refractivity (Wildman–Crippen MR) is 49.3 cm³/mol. The Bertz CT molecular complexity index is 399. The molecule has 0 heterocycles. The summed E-state index contributed by atoms with van der Waals surface area (Å²) in [5.74, 6) is -1.50. The molecule has 1 rings (SSSR count). The third-order valence-electron chi connectivity index (χ3n) is 1.92. The lowest BCUT2D eigenvalue weighted by molar-refractivity contribution is -0.139. The summed E-state index contributed by atoms with van der Waals surface area (Å²) in [7, 11) is 1.13. The standard InChI is InChI=1S/C10H9F3O3/c1-16-8-3-2-6(5-9(14)15)4-7(8)10(11,12)13/h2-4H,5H2,1H3,(H,14,15). The zero-order chi connectivity index (χ0) is 12.3. The van der Waals surface area contributed by atoms with Crippen molar-refractivity contribution in [3.05, 3.63) is 29.3 Å². The summed E-state index contributed by atoms with van der Waals surface area (Å²) in [5.41, 5.74) is -0.880. The van der Waals surface area contributed by atoms with Crippen LogP contribution in [0, 0.1) is 0 Å². The van der Waals surface area contributed by atoms with Crippen LogP contribution in [-0.4, -0.2) is 18.2 Å². The fourth-order valence-corrected chi connectivity index (χ4v) is 1.26. The highest BCUT2D eigenvalue weighted by molar-refractivity contribution is 5.70. The lowest BCUT2D eigenvalue weighted by atomic mass is 10.1. The number of methoxy groups -OCH3 is 1. The van der Waals surface area contributed by atoms with E-state index in [-0.39, 0.29) is 11.3 Å². The molecule has 0 aromatic heterocycles. The highest BCUT2D eigenvalue weighted by Crippen LogP contribution is 2.36. The molecule has 1 aromatic rings. The molecule has 0 aliphatic carbocycles. The molecular weight excluding hydrogens is 225 g/mol. The quantitative estimate of drug-likeness (QED) is 0.873. The lowest BCUT2D eigenvalue weighted by Crippen LogP contribution is -2.09. The third kappa shape index (κ3) is 2.88. The summed E-state index contributed by atoms with van der Waals surface area (Å²) in [6, 6.07) is 3.19. The summed E-state index contributed by atoms with van der Waals surface area (Å²) in [5, 5.41) is 8.47. The van der Waals surface area contributed by atoms with Gasteiger partial charge in [0.05, 0.1) is 19.1 Å². The molecule has 1 aromatic carbocycles. The zero-order valence-corrected chi connectivity index (χ0v) is 8.34. The minimum atomic E-state index is -4.56. The molecule has 0 saturated carbocycles. The number of alkyl halides is 3. The molecular formula is C10H9F3O3. The van der Waals surface area contributed by atoms with Crippen LogP contribution in [0.25, 0.3) is 0 Å². The first-order chi connectivity index (χ1) is 7.34. The molecule has 0 amide bonds. The van der Waals surface area contributed by atoms with Crippen LogP contribution < -0.4 is 4.74 Å². The van der Waals surface area contributed by atoms with E-state index >= 15 is 0 Å². The Labute approximate surface area is 89.5 Å². The molecule has 88 valence electrons. The number of carbonyl (C=O) groups is 1. The summed E-state index contributed by atoms with van der Waals surface area (Å²) < 4.78 is 42.1. The van der Waals surface area contributed by atoms with Gasteiger partial charge in [-0.25, -0.2) is 0 Å². The van der Waals surface area contributed by atoms with Gasteiger partial charge in [0.2, 0.25) is 0 Å². The number of rotatable bonds is 3. The van der Waals surface area contributed by atoms with Crippen LogP contribution in [-0.2, 0) is 17.4 Å². The fraction of sp³-hybridized carbons (Fsp3) is 0.300. The number of carboxylic acid groups (broad SMARTS) is 1. The fourth-order valence-electron chi connectivity index (χ4n) is 1.26. The Balaban J connectivity index is 3.16. The molecule has 16 heavy (non-hydrogen) atoms. The Morgan fingerprint density at radius 1 is 1.44 bits per heavy atom. The van der Waals surface area contributed by atoms with Crippen molar-refractivity contribution < 1.29 is 27.8 Å². The third-order valence-corrected chi connectivity index (χ3v) is 1.92. The second-order valence-electron chi connectivity index (χ2n) is 3.10. The van der Waals surface area contributed by atoms with Crippen LogP contribution in [0.2, 0.25) is 0 Å². The zero-order valence-electron chi connectivity index (χ0n) is 8.34. The Hall–Kier alpha value is -1.72. The lowest BCUT2D eigenvalue weighted by Gasteiger charge is -2.12. The van der Waals surface area contributed by atoms with E-state index in [4.69, 9.17) is 5.11 Å². The molecule has 0 spiro atoms. The van der Waals surface area contributed by atoms with Crippen molar-refractivity contribution in [3.63, 3.8) is 0 Å². The van der Waals surface area contributed by atoms with Crippen molar-refractivity contribution in [1.82, 2.24) is 0 Å². The number of aliphatic carboxylic acids is 1. The van der Waals surface area contributed by atoms with Gasteiger partial charge in [0.15, 0.2) is 0 Å². The predicted octanol–water partition coefficient (Wildman–Crippen LogP) is 2.34. The molecule has 0 radical (unpaired) electrons. The normalized spacial score (nSPS) is 11.2. The van der Waals surface area contributed by atoms with Crippen LogP contribution in [0.15, 0.2) is 18.2 Å². The van der Waals surface area contributed by atoms with Gasteiger partial charge in [0.1, 0.15) is 5.75 Å². The molecule has 0 fully saturated rings. The largest absolute Gasteiger partial charge is 0.496 e. The van der Waals surface area contributed by atoms with E-state index in [2.05, 4.69) is 4.74 Å². The van der Waals surface area contributed by atoms with Crippen LogP contribution in [0.4, 0.5) is 13.2 Å². The van der Waals surface area contributed by atoms with Gasteiger partial charge in [-0.1, -0.05) is 6.07 Å². The maximum atomic E-state index is 12.5. The van der Waals surface area contributed by atoms with Gasteiger partial charge in [-0.2, -0.15) is 13.2 Å². The van der Waals surface area contributed by atoms with Gasteiger partial charge < -0.3 is 9.84 Å². The minimum absolute atomic E-state index is 0.0839. The maximum absolute atomic E-state index is 12.5. The van der Waals surface area contributed by atoms with Gasteiger partial charge in [0, 0.05) is 0 Å². The molecule has 0 unspecified atom stereocenters. The number of hydrogen-bond donors (Lipinski definition) is 1. The number of ether oxygens (including phenoxy) is 1.